The lowest BCUT2D eigenvalue weighted by molar-refractivity contribution is -0.126. The summed E-state index contributed by atoms with van der Waals surface area (Å²) in [4.78, 5) is 22.7. The molecule has 1 saturated heterocycles. The number of carbonyl (C=O) groups excluding carboxylic acids is 2. The monoisotopic (exact) mass is 227 g/mol. The molecule has 5 heteroatoms. The van der Waals surface area contributed by atoms with E-state index < -0.39 is 0 Å². The predicted octanol–water partition coefficient (Wildman–Crippen LogP) is -0.101. The first-order valence-corrected chi connectivity index (χ1v) is 5.97. The van der Waals surface area contributed by atoms with E-state index in [4.69, 9.17) is 5.73 Å². The summed E-state index contributed by atoms with van der Waals surface area (Å²) in [6, 6.07) is -0.326. The minimum Gasteiger partial charge on any atom is -0.350 e. The van der Waals surface area contributed by atoms with Crippen LogP contribution in [0.3, 0.4) is 0 Å². The zero-order valence-electron chi connectivity index (χ0n) is 9.79. The second-order valence-electron chi connectivity index (χ2n) is 4.24. The summed E-state index contributed by atoms with van der Waals surface area (Å²) in [5, 5.41) is 5.53. The minimum atomic E-state index is -0.358. The molecule has 2 atom stereocenters. The van der Waals surface area contributed by atoms with Crippen molar-refractivity contribution >= 4 is 11.8 Å². The summed E-state index contributed by atoms with van der Waals surface area (Å²) >= 11 is 0. The lowest BCUT2D eigenvalue weighted by atomic mass is 10.1. The van der Waals surface area contributed by atoms with Gasteiger partial charge in [-0.2, -0.15) is 0 Å². The van der Waals surface area contributed by atoms with Crippen LogP contribution < -0.4 is 16.4 Å². The highest BCUT2D eigenvalue weighted by atomic mass is 16.2. The van der Waals surface area contributed by atoms with Crippen LogP contribution in [0.5, 0.6) is 0 Å². The Kier molecular flexibility index (Phi) is 5.25. The van der Waals surface area contributed by atoms with Gasteiger partial charge >= 0.3 is 0 Å². The van der Waals surface area contributed by atoms with Crippen LogP contribution in [0.1, 0.15) is 39.0 Å². The fraction of sp³-hybridized carbons (Fsp3) is 0.818. The molecule has 0 aromatic carbocycles. The second kappa shape index (κ2) is 6.48. The van der Waals surface area contributed by atoms with Crippen LogP contribution in [0, 0.1) is 0 Å². The lowest BCUT2D eigenvalue weighted by Gasteiger charge is -2.19. The Morgan fingerprint density at radius 3 is 2.94 bits per heavy atom. The van der Waals surface area contributed by atoms with Gasteiger partial charge in [-0.3, -0.25) is 9.59 Å². The molecule has 5 nitrogen and oxygen atoms in total. The summed E-state index contributed by atoms with van der Waals surface area (Å²) in [5.41, 5.74) is 5.59. The van der Waals surface area contributed by atoms with Crippen molar-refractivity contribution in [3.63, 3.8) is 0 Å². The van der Waals surface area contributed by atoms with Crippen LogP contribution in [-0.4, -0.2) is 30.4 Å². The zero-order valence-corrected chi connectivity index (χ0v) is 9.79. The quantitative estimate of drug-likeness (QED) is 0.592. The Balaban J connectivity index is 2.33. The number of carbonyl (C=O) groups is 2. The number of nitrogens with two attached hydrogens (primary N) is 1. The molecule has 1 rings (SSSR count). The van der Waals surface area contributed by atoms with E-state index in [9.17, 15) is 9.59 Å². The van der Waals surface area contributed by atoms with E-state index in [1.54, 1.807) is 0 Å². The average molecular weight is 227 g/mol. The summed E-state index contributed by atoms with van der Waals surface area (Å²) in [6.45, 7) is 2.55. The van der Waals surface area contributed by atoms with Crippen LogP contribution in [-0.2, 0) is 9.59 Å². The number of hydrogen-bond acceptors (Lipinski definition) is 3. The fourth-order valence-electron chi connectivity index (χ4n) is 1.81. The second-order valence-corrected chi connectivity index (χ2v) is 4.24. The van der Waals surface area contributed by atoms with Gasteiger partial charge in [-0.25, -0.2) is 0 Å². The number of hydrogen-bond donors (Lipinski definition) is 3. The third kappa shape index (κ3) is 3.81. The van der Waals surface area contributed by atoms with E-state index in [1.807, 2.05) is 0 Å². The van der Waals surface area contributed by atoms with Crippen molar-refractivity contribution in [2.75, 3.05) is 6.54 Å². The van der Waals surface area contributed by atoms with E-state index in [-0.39, 0.29) is 23.9 Å². The van der Waals surface area contributed by atoms with Gasteiger partial charge in [-0.05, 0) is 12.8 Å². The molecule has 16 heavy (non-hydrogen) atoms. The first-order valence-electron chi connectivity index (χ1n) is 5.97. The van der Waals surface area contributed by atoms with Crippen molar-refractivity contribution in [2.45, 2.75) is 51.1 Å². The topological polar surface area (TPSA) is 84.2 Å². The molecule has 1 fully saturated rings. The molecule has 1 heterocycles. The molecule has 1 aliphatic heterocycles. The van der Waals surface area contributed by atoms with Crippen molar-refractivity contribution in [1.82, 2.24) is 10.6 Å². The van der Waals surface area contributed by atoms with Crippen molar-refractivity contribution in [1.29, 1.82) is 0 Å². The first kappa shape index (κ1) is 13.0. The van der Waals surface area contributed by atoms with Gasteiger partial charge in [0.05, 0.1) is 0 Å². The van der Waals surface area contributed by atoms with Gasteiger partial charge in [-0.15, -0.1) is 0 Å². The molecule has 0 aliphatic carbocycles. The fourth-order valence-corrected chi connectivity index (χ4v) is 1.81. The number of unbranched alkanes of at least 4 members (excludes halogenated alkanes) is 1. The Hall–Kier alpha value is -1.10. The van der Waals surface area contributed by atoms with Crippen molar-refractivity contribution < 1.29 is 9.59 Å². The molecular weight excluding hydrogens is 206 g/mol. The van der Waals surface area contributed by atoms with Crippen LogP contribution in [0.15, 0.2) is 0 Å². The van der Waals surface area contributed by atoms with Crippen LogP contribution in [0.25, 0.3) is 0 Å². The van der Waals surface area contributed by atoms with Gasteiger partial charge in [0.25, 0.3) is 0 Å². The first-order chi connectivity index (χ1) is 7.67. The van der Waals surface area contributed by atoms with E-state index in [2.05, 4.69) is 17.6 Å². The van der Waals surface area contributed by atoms with Gasteiger partial charge < -0.3 is 16.4 Å². The largest absolute Gasteiger partial charge is 0.350 e. The third-order valence-electron chi connectivity index (χ3n) is 2.85. The molecule has 0 bridgehead atoms. The van der Waals surface area contributed by atoms with E-state index in [0.717, 1.165) is 19.3 Å². The van der Waals surface area contributed by atoms with Gasteiger partial charge in [0.1, 0.15) is 6.04 Å². The van der Waals surface area contributed by atoms with Crippen molar-refractivity contribution in [2.24, 2.45) is 5.73 Å². The van der Waals surface area contributed by atoms with Crippen LogP contribution in [0.2, 0.25) is 0 Å². The normalized spacial score (nSPS) is 21.6. The molecule has 0 spiro atoms. The third-order valence-corrected chi connectivity index (χ3v) is 2.85. The minimum absolute atomic E-state index is 0.0324. The molecule has 92 valence electrons. The van der Waals surface area contributed by atoms with Crippen LogP contribution in [0.4, 0.5) is 0 Å². The maximum absolute atomic E-state index is 11.7. The molecule has 2 amide bonds. The molecule has 4 N–H and O–H groups in total. The Bertz CT molecular complexity index is 256. The molecule has 0 saturated carbocycles. The highest BCUT2D eigenvalue weighted by molar-refractivity contribution is 5.90. The SMILES string of the molecule is CCCCC(CN)NC(=O)[C@@H]1CCC(=O)N1. The summed E-state index contributed by atoms with van der Waals surface area (Å²) in [6.07, 6.45) is 4.08. The maximum atomic E-state index is 11.7. The van der Waals surface area contributed by atoms with Crippen LogP contribution >= 0.6 is 0 Å². The number of amides is 2. The van der Waals surface area contributed by atoms with Gasteiger partial charge in [0, 0.05) is 19.0 Å². The van der Waals surface area contributed by atoms with E-state index in [0.29, 0.717) is 19.4 Å². The summed E-state index contributed by atoms with van der Waals surface area (Å²) < 4.78 is 0. The Morgan fingerprint density at radius 2 is 2.44 bits per heavy atom. The number of nitrogens with one attached hydrogen (secondary N) is 2. The maximum Gasteiger partial charge on any atom is 0.242 e. The van der Waals surface area contributed by atoms with Gasteiger partial charge in [0.2, 0.25) is 11.8 Å². The van der Waals surface area contributed by atoms with E-state index in [1.165, 1.54) is 0 Å². The number of rotatable bonds is 6. The highest BCUT2D eigenvalue weighted by Crippen LogP contribution is 2.07. The molecular formula is C11H21N3O2. The average Bonchev–Trinajstić information content (AvgIpc) is 2.70. The lowest BCUT2D eigenvalue weighted by Crippen LogP contribution is -2.48. The van der Waals surface area contributed by atoms with E-state index >= 15 is 0 Å². The molecule has 1 aliphatic rings. The van der Waals surface area contributed by atoms with Crippen molar-refractivity contribution in [3.8, 4) is 0 Å². The van der Waals surface area contributed by atoms with Gasteiger partial charge in [0.15, 0.2) is 0 Å². The predicted molar refractivity (Wildman–Crippen MR) is 61.7 cm³/mol. The highest BCUT2D eigenvalue weighted by Gasteiger charge is 2.27. The summed E-state index contributed by atoms with van der Waals surface area (Å²) in [7, 11) is 0. The Morgan fingerprint density at radius 1 is 1.69 bits per heavy atom. The standard InChI is InChI=1S/C11H21N3O2/c1-2-3-4-8(7-12)13-11(16)9-5-6-10(15)14-9/h8-9H,2-7,12H2,1H3,(H,13,16)(H,14,15)/t8?,9-/m0/s1. The molecule has 0 radical (unpaired) electrons. The zero-order chi connectivity index (χ0) is 12.0. The summed E-state index contributed by atoms with van der Waals surface area (Å²) in [5.74, 6) is -0.143. The molecule has 0 aromatic heterocycles. The van der Waals surface area contributed by atoms with Crippen molar-refractivity contribution in [3.05, 3.63) is 0 Å². The Labute approximate surface area is 96.1 Å². The molecule has 0 aromatic rings. The molecule has 1 unspecified atom stereocenters. The smallest absolute Gasteiger partial charge is 0.242 e. The van der Waals surface area contributed by atoms with Gasteiger partial charge in [-0.1, -0.05) is 19.8 Å².